The number of nitrogens with zero attached hydrogens (tertiary/aromatic N) is 4. The molecule has 0 bridgehead atoms. The second-order valence-electron chi connectivity index (χ2n) is 8.84. The van der Waals surface area contributed by atoms with Crippen LogP contribution in [0.4, 0.5) is 16.5 Å². The van der Waals surface area contributed by atoms with Gasteiger partial charge in [-0.05, 0) is 51.0 Å². The molecule has 2 amide bonds. The molecule has 178 valence electrons. The van der Waals surface area contributed by atoms with Gasteiger partial charge in [0.25, 0.3) is 0 Å². The topological polar surface area (TPSA) is 113 Å². The molecule has 2 saturated heterocycles. The van der Waals surface area contributed by atoms with Gasteiger partial charge in [-0.1, -0.05) is 16.7 Å². The largest absolute Gasteiger partial charge is 0.447 e. The highest BCUT2D eigenvalue weighted by Gasteiger charge is 2.32. The van der Waals surface area contributed by atoms with Crippen LogP contribution in [-0.2, 0) is 16.1 Å². The van der Waals surface area contributed by atoms with E-state index in [1.807, 2.05) is 39.8 Å². The fraction of sp³-hybridized carbons (Fsp3) is 0.545. The molecule has 3 heterocycles. The first-order chi connectivity index (χ1) is 15.7. The SMILES string of the molecule is Cc1c(CN2CCN(C(=O)OC(C)C)[C@@H](C)C2)cc(Cl)cc1Nc1nnc([C@@H]2CC(=O)N2)o1. The minimum absolute atomic E-state index is 0.0324. The van der Waals surface area contributed by atoms with Crippen molar-refractivity contribution in [3.63, 3.8) is 0 Å². The molecule has 2 aromatic rings. The highest BCUT2D eigenvalue weighted by molar-refractivity contribution is 6.31. The van der Waals surface area contributed by atoms with Crippen molar-refractivity contribution in [1.82, 2.24) is 25.3 Å². The van der Waals surface area contributed by atoms with E-state index in [0.29, 0.717) is 30.4 Å². The summed E-state index contributed by atoms with van der Waals surface area (Å²) in [7, 11) is 0. The molecule has 4 rings (SSSR count). The van der Waals surface area contributed by atoms with Crippen molar-refractivity contribution in [1.29, 1.82) is 0 Å². The molecule has 11 heteroatoms. The zero-order chi connectivity index (χ0) is 23.7. The number of carbonyl (C=O) groups is 2. The molecule has 0 aliphatic carbocycles. The maximum absolute atomic E-state index is 12.3. The number of aromatic nitrogens is 2. The number of β-lactam (4-membered cyclic amide) rings is 1. The van der Waals surface area contributed by atoms with Crippen molar-refractivity contribution in [3.05, 3.63) is 34.2 Å². The molecule has 10 nitrogen and oxygen atoms in total. The molecule has 0 spiro atoms. The lowest BCUT2D eigenvalue weighted by molar-refractivity contribution is -0.128. The van der Waals surface area contributed by atoms with Crippen LogP contribution in [0.1, 0.15) is 50.3 Å². The van der Waals surface area contributed by atoms with Gasteiger partial charge in [0.15, 0.2) is 0 Å². The van der Waals surface area contributed by atoms with E-state index in [1.165, 1.54) is 0 Å². The van der Waals surface area contributed by atoms with Gasteiger partial charge in [-0.3, -0.25) is 9.69 Å². The average Bonchev–Trinajstić information content (AvgIpc) is 3.16. The maximum Gasteiger partial charge on any atom is 0.410 e. The number of nitrogens with one attached hydrogen (secondary N) is 2. The van der Waals surface area contributed by atoms with E-state index in [2.05, 4.69) is 25.7 Å². The van der Waals surface area contributed by atoms with Crippen LogP contribution in [0.3, 0.4) is 0 Å². The summed E-state index contributed by atoms with van der Waals surface area (Å²) in [6, 6.07) is 3.84. The third-order valence-corrected chi connectivity index (χ3v) is 6.08. The van der Waals surface area contributed by atoms with E-state index in [9.17, 15) is 9.59 Å². The van der Waals surface area contributed by atoms with Crippen LogP contribution in [0, 0.1) is 6.92 Å². The highest BCUT2D eigenvalue weighted by Crippen LogP contribution is 2.30. The van der Waals surface area contributed by atoms with Crippen molar-refractivity contribution < 1.29 is 18.7 Å². The summed E-state index contributed by atoms with van der Waals surface area (Å²) in [5.74, 6) is 0.342. The second-order valence-corrected chi connectivity index (χ2v) is 9.28. The van der Waals surface area contributed by atoms with E-state index >= 15 is 0 Å². The molecule has 0 radical (unpaired) electrons. The third kappa shape index (κ3) is 5.39. The average molecular weight is 477 g/mol. The standard InChI is InChI=1S/C22H29ClN6O4/c1-12(2)32-22(31)29-6-5-28(10-13(29)3)11-15-7-16(23)8-17(14(15)4)25-21-27-26-20(33-21)18-9-19(30)24-18/h7-8,12-13,18H,5-6,9-11H2,1-4H3,(H,24,30)(H,25,27)/t13-,18-/m0/s1. The number of rotatable bonds is 6. The summed E-state index contributed by atoms with van der Waals surface area (Å²) in [5, 5.41) is 14.5. The summed E-state index contributed by atoms with van der Waals surface area (Å²) < 4.78 is 11.0. The zero-order valence-electron chi connectivity index (χ0n) is 19.2. The molecule has 2 aliphatic heterocycles. The quantitative estimate of drug-likeness (QED) is 0.610. The number of piperazine rings is 1. The maximum atomic E-state index is 12.3. The number of hydrogen-bond donors (Lipinski definition) is 2. The molecule has 2 N–H and O–H groups in total. The van der Waals surface area contributed by atoms with Gasteiger partial charge in [0.1, 0.15) is 6.04 Å². The van der Waals surface area contributed by atoms with Gasteiger partial charge in [-0.15, -0.1) is 5.10 Å². The molecule has 1 aromatic carbocycles. The Morgan fingerprint density at radius 1 is 1.36 bits per heavy atom. The molecular formula is C22H29ClN6O4. The number of carbonyl (C=O) groups excluding carboxylic acids is 2. The summed E-state index contributed by atoms with van der Waals surface area (Å²) in [6.07, 6.45) is -0.0452. The first-order valence-electron chi connectivity index (χ1n) is 11.1. The first-order valence-corrected chi connectivity index (χ1v) is 11.5. The number of anilines is 2. The molecular weight excluding hydrogens is 448 g/mol. The fourth-order valence-corrected chi connectivity index (χ4v) is 4.28. The van der Waals surface area contributed by atoms with Gasteiger partial charge in [-0.2, -0.15) is 0 Å². The van der Waals surface area contributed by atoms with Gasteiger partial charge in [0.05, 0.1) is 12.5 Å². The summed E-state index contributed by atoms with van der Waals surface area (Å²) in [6.45, 7) is 10.5. The van der Waals surface area contributed by atoms with Crippen molar-refractivity contribution >= 4 is 35.3 Å². The Balaban J connectivity index is 1.41. The summed E-state index contributed by atoms with van der Waals surface area (Å²) in [4.78, 5) is 27.5. The third-order valence-electron chi connectivity index (χ3n) is 5.86. The number of ether oxygens (including phenoxy) is 1. The molecule has 0 unspecified atom stereocenters. The lowest BCUT2D eigenvalue weighted by atomic mass is 10.0. The van der Waals surface area contributed by atoms with Gasteiger partial charge in [0.2, 0.25) is 11.8 Å². The summed E-state index contributed by atoms with van der Waals surface area (Å²) in [5.41, 5.74) is 2.87. The molecule has 2 fully saturated rings. The fourth-order valence-electron chi connectivity index (χ4n) is 4.04. The van der Waals surface area contributed by atoms with Crippen molar-refractivity contribution in [3.8, 4) is 0 Å². The number of halogens is 1. The smallest absolute Gasteiger partial charge is 0.410 e. The Kier molecular flexibility index (Phi) is 6.76. The number of benzene rings is 1. The Hall–Kier alpha value is -2.85. The minimum Gasteiger partial charge on any atom is -0.447 e. The number of hydrogen-bond acceptors (Lipinski definition) is 8. The van der Waals surface area contributed by atoms with Crippen LogP contribution in [0.25, 0.3) is 0 Å². The van der Waals surface area contributed by atoms with E-state index in [-0.39, 0.29) is 36.2 Å². The minimum atomic E-state index is -0.261. The molecule has 1 aromatic heterocycles. The highest BCUT2D eigenvalue weighted by atomic mass is 35.5. The van der Waals surface area contributed by atoms with Gasteiger partial charge in [0, 0.05) is 42.9 Å². The Bertz CT molecular complexity index is 1030. The first kappa shape index (κ1) is 23.3. The van der Waals surface area contributed by atoms with Gasteiger partial charge < -0.3 is 24.7 Å². The zero-order valence-corrected chi connectivity index (χ0v) is 20.0. The molecule has 33 heavy (non-hydrogen) atoms. The predicted molar refractivity (Wildman–Crippen MR) is 122 cm³/mol. The van der Waals surface area contributed by atoms with Crippen LogP contribution in [0.2, 0.25) is 5.02 Å². The molecule has 2 aliphatic rings. The molecule has 0 saturated carbocycles. The number of amides is 2. The monoisotopic (exact) mass is 476 g/mol. The molecule has 2 atom stereocenters. The second kappa shape index (κ2) is 9.56. The van der Waals surface area contributed by atoms with E-state index in [1.54, 1.807) is 4.90 Å². The van der Waals surface area contributed by atoms with Crippen LogP contribution < -0.4 is 10.6 Å². The Morgan fingerprint density at radius 3 is 2.79 bits per heavy atom. The van der Waals surface area contributed by atoms with E-state index < -0.39 is 0 Å². The van der Waals surface area contributed by atoms with Crippen LogP contribution >= 0.6 is 11.6 Å². The Morgan fingerprint density at radius 2 is 2.12 bits per heavy atom. The Labute approximate surface area is 197 Å². The van der Waals surface area contributed by atoms with Crippen molar-refractivity contribution in [2.75, 3.05) is 25.0 Å². The van der Waals surface area contributed by atoms with E-state index in [4.69, 9.17) is 20.8 Å². The van der Waals surface area contributed by atoms with Gasteiger partial charge >= 0.3 is 12.1 Å². The van der Waals surface area contributed by atoms with Crippen molar-refractivity contribution in [2.45, 2.75) is 58.8 Å². The predicted octanol–water partition coefficient (Wildman–Crippen LogP) is 3.39. The van der Waals surface area contributed by atoms with Crippen LogP contribution in [0.5, 0.6) is 0 Å². The van der Waals surface area contributed by atoms with Crippen LogP contribution in [-0.4, -0.2) is 63.8 Å². The lowest BCUT2D eigenvalue weighted by Crippen LogP contribution is -2.54. The normalized spacial score (nSPS) is 21.0. The van der Waals surface area contributed by atoms with Gasteiger partial charge in [-0.25, -0.2) is 4.79 Å². The lowest BCUT2D eigenvalue weighted by Gasteiger charge is -2.39. The van der Waals surface area contributed by atoms with Crippen LogP contribution in [0.15, 0.2) is 16.5 Å². The summed E-state index contributed by atoms with van der Waals surface area (Å²) >= 11 is 6.41. The van der Waals surface area contributed by atoms with E-state index in [0.717, 1.165) is 29.9 Å². The van der Waals surface area contributed by atoms with Crippen molar-refractivity contribution in [2.24, 2.45) is 0 Å².